The van der Waals surface area contributed by atoms with Crippen LogP contribution in [0.3, 0.4) is 0 Å². The van der Waals surface area contributed by atoms with Crippen molar-refractivity contribution in [3.63, 3.8) is 0 Å². The van der Waals surface area contributed by atoms with Crippen molar-refractivity contribution in [1.82, 2.24) is 0 Å². The summed E-state index contributed by atoms with van der Waals surface area (Å²) in [7, 11) is 0. The second kappa shape index (κ2) is 6.95. The molecule has 0 saturated heterocycles. The molecule has 0 unspecified atom stereocenters. The fourth-order valence-electron chi connectivity index (χ4n) is 1.86. The number of alkyl halides is 1. The Kier molecular flexibility index (Phi) is 5.57. The van der Waals surface area contributed by atoms with E-state index in [-0.39, 0.29) is 0 Å². The lowest BCUT2D eigenvalue weighted by Crippen LogP contribution is -1.92. The van der Waals surface area contributed by atoms with E-state index in [0.717, 1.165) is 12.0 Å². The van der Waals surface area contributed by atoms with Gasteiger partial charge in [-0.1, -0.05) is 55.5 Å². The molecule has 0 aromatic heterocycles. The van der Waals surface area contributed by atoms with Crippen LogP contribution >= 0.6 is 0 Å². The number of aryl methyl sites for hydroxylation is 2. The molecule has 0 nitrogen and oxygen atoms in total. The minimum Gasteiger partial charge on any atom is -0.246 e. The lowest BCUT2D eigenvalue weighted by atomic mass is 9.95. The van der Waals surface area contributed by atoms with Crippen LogP contribution in [-0.4, -0.2) is 6.67 Å². The van der Waals surface area contributed by atoms with Gasteiger partial charge in [0.25, 0.3) is 0 Å². The molecule has 0 aliphatic carbocycles. The third-order valence-electron chi connectivity index (χ3n) is 2.94. The summed E-state index contributed by atoms with van der Waals surface area (Å²) in [4.78, 5) is 0. The Balaban J connectivity index is 3.13. The fraction of sp³-hybridized carbons (Fsp3) is 0.294. The monoisotopic (exact) mass is 244 g/mol. The largest absolute Gasteiger partial charge is 0.246 e. The Labute approximate surface area is 110 Å². The molecule has 0 aliphatic rings. The van der Waals surface area contributed by atoms with Crippen LogP contribution in [0.4, 0.5) is 4.39 Å². The van der Waals surface area contributed by atoms with Gasteiger partial charge >= 0.3 is 0 Å². The van der Waals surface area contributed by atoms with Gasteiger partial charge in [0.2, 0.25) is 0 Å². The van der Waals surface area contributed by atoms with Crippen LogP contribution in [-0.2, 0) is 6.42 Å². The highest BCUT2D eigenvalue weighted by molar-refractivity contribution is 5.76. The summed E-state index contributed by atoms with van der Waals surface area (Å²) in [6.45, 7) is 9.37. The molecule has 0 bridgehead atoms. The Morgan fingerprint density at radius 3 is 2.61 bits per heavy atom. The molecule has 0 atom stereocenters. The summed E-state index contributed by atoms with van der Waals surface area (Å²) < 4.78 is 12.4. The van der Waals surface area contributed by atoms with Crippen molar-refractivity contribution in [2.75, 3.05) is 6.67 Å². The van der Waals surface area contributed by atoms with Gasteiger partial charge in [-0.3, -0.25) is 0 Å². The van der Waals surface area contributed by atoms with Gasteiger partial charge < -0.3 is 0 Å². The first-order valence-corrected chi connectivity index (χ1v) is 6.30. The molecule has 0 amide bonds. The summed E-state index contributed by atoms with van der Waals surface area (Å²) in [6.07, 6.45) is 6.73. The number of hydrogen-bond acceptors (Lipinski definition) is 0. The third-order valence-corrected chi connectivity index (χ3v) is 2.94. The summed E-state index contributed by atoms with van der Waals surface area (Å²) in [5, 5.41) is 0. The van der Waals surface area contributed by atoms with Gasteiger partial charge in [-0.25, -0.2) is 4.39 Å². The summed E-state index contributed by atoms with van der Waals surface area (Å²) >= 11 is 0. The smallest absolute Gasteiger partial charge is 0.114 e. The van der Waals surface area contributed by atoms with Gasteiger partial charge in [0.05, 0.1) is 0 Å². The predicted octanol–water partition coefficient (Wildman–Crippen LogP) is 5.04. The van der Waals surface area contributed by atoms with E-state index in [9.17, 15) is 4.39 Å². The van der Waals surface area contributed by atoms with Gasteiger partial charge in [0.15, 0.2) is 0 Å². The maximum absolute atomic E-state index is 12.4. The highest BCUT2D eigenvalue weighted by Crippen LogP contribution is 2.23. The Hall–Kier alpha value is -1.63. The second-order valence-corrected chi connectivity index (χ2v) is 4.38. The molecular formula is C17H21F. The first-order chi connectivity index (χ1) is 8.62. The first-order valence-electron chi connectivity index (χ1n) is 6.30. The van der Waals surface area contributed by atoms with E-state index in [1.807, 2.05) is 13.0 Å². The van der Waals surface area contributed by atoms with Crippen molar-refractivity contribution in [3.05, 3.63) is 65.3 Å². The number of rotatable bonds is 5. The van der Waals surface area contributed by atoms with E-state index in [0.29, 0.717) is 5.57 Å². The molecule has 18 heavy (non-hydrogen) atoms. The highest BCUT2D eigenvalue weighted by atomic mass is 19.1. The molecule has 1 heteroatoms. The van der Waals surface area contributed by atoms with Crippen molar-refractivity contribution in [2.45, 2.75) is 27.2 Å². The van der Waals surface area contributed by atoms with E-state index >= 15 is 0 Å². The average molecular weight is 244 g/mol. The van der Waals surface area contributed by atoms with Crippen LogP contribution in [0, 0.1) is 6.92 Å². The average Bonchev–Trinajstić information content (AvgIpc) is 2.39. The third kappa shape index (κ3) is 3.69. The van der Waals surface area contributed by atoms with E-state index in [4.69, 9.17) is 0 Å². The lowest BCUT2D eigenvalue weighted by Gasteiger charge is -2.10. The van der Waals surface area contributed by atoms with E-state index < -0.39 is 6.67 Å². The molecular weight excluding hydrogens is 223 g/mol. The minimum absolute atomic E-state index is 0.498. The van der Waals surface area contributed by atoms with Crippen LogP contribution < -0.4 is 0 Å². The van der Waals surface area contributed by atoms with Crippen molar-refractivity contribution in [2.24, 2.45) is 0 Å². The molecule has 0 spiro atoms. The molecule has 0 saturated carbocycles. The minimum atomic E-state index is -0.498. The molecule has 1 rings (SSSR count). The SMILES string of the molecule is C=C(/C=C\C(=C/C)c1cc(C)ccc1CC)CF. The summed E-state index contributed by atoms with van der Waals surface area (Å²) in [6, 6.07) is 6.46. The van der Waals surface area contributed by atoms with E-state index in [1.165, 1.54) is 16.7 Å². The van der Waals surface area contributed by atoms with Crippen LogP contribution in [0.2, 0.25) is 0 Å². The van der Waals surface area contributed by atoms with Gasteiger partial charge in [-0.15, -0.1) is 0 Å². The molecule has 1 aromatic rings. The maximum atomic E-state index is 12.4. The summed E-state index contributed by atoms with van der Waals surface area (Å²) in [5.41, 5.74) is 5.39. The van der Waals surface area contributed by atoms with Crippen molar-refractivity contribution in [3.8, 4) is 0 Å². The van der Waals surface area contributed by atoms with Gasteiger partial charge in [-0.2, -0.15) is 0 Å². The highest BCUT2D eigenvalue weighted by Gasteiger charge is 2.04. The normalized spacial score (nSPS) is 12.1. The molecule has 0 fully saturated rings. The van der Waals surface area contributed by atoms with Crippen molar-refractivity contribution in [1.29, 1.82) is 0 Å². The maximum Gasteiger partial charge on any atom is 0.114 e. The number of halogens is 1. The zero-order chi connectivity index (χ0) is 13.5. The van der Waals surface area contributed by atoms with E-state index in [1.54, 1.807) is 6.08 Å². The standard InChI is InChI=1S/C17H21F/c1-5-15-9-7-13(3)11-17(15)16(6-2)10-8-14(4)12-18/h6-11H,4-5,12H2,1-3H3/b10-8-,16-6+. The van der Waals surface area contributed by atoms with Crippen molar-refractivity contribution < 1.29 is 4.39 Å². The molecule has 1 aromatic carbocycles. The zero-order valence-corrected chi connectivity index (χ0v) is 11.5. The predicted molar refractivity (Wildman–Crippen MR) is 78.5 cm³/mol. The molecule has 0 heterocycles. The van der Waals surface area contributed by atoms with Crippen LogP contribution in [0.1, 0.15) is 30.5 Å². The quantitative estimate of drug-likeness (QED) is 0.636. The Bertz CT molecular complexity index is 478. The zero-order valence-electron chi connectivity index (χ0n) is 11.5. The van der Waals surface area contributed by atoms with Gasteiger partial charge in [0.1, 0.15) is 6.67 Å². The Morgan fingerprint density at radius 2 is 2.06 bits per heavy atom. The topological polar surface area (TPSA) is 0 Å². The molecule has 96 valence electrons. The summed E-state index contributed by atoms with van der Waals surface area (Å²) in [5.74, 6) is 0. The van der Waals surface area contributed by atoms with Gasteiger partial charge in [0, 0.05) is 0 Å². The van der Waals surface area contributed by atoms with Crippen LogP contribution in [0.5, 0.6) is 0 Å². The second-order valence-electron chi connectivity index (χ2n) is 4.38. The number of allylic oxidation sites excluding steroid dienone is 5. The molecule has 0 aliphatic heterocycles. The number of benzene rings is 1. The molecule has 0 N–H and O–H groups in total. The van der Waals surface area contributed by atoms with Crippen LogP contribution in [0.15, 0.2) is 48.6 Å². The van der Waals surface area contributed by atoms with E-state index in [2.05, 4.69) is 44.7 Å². The molecule has 0 radical (unpaired) electrons. The van der Waals surface area contributed by atoms with Gasteiger partial charge in [-0.05, 0) is 42.5 Å². The first kappa shape index (κ1) is 14.4. The fourth-order valence-corrected chi connectivity index (χ4v) is 1.86. The Morgan fingerprint density at radius 1 is 1.33 bits per heavy atom. The number of hydrogen-bond donors (Lipinski definition) is 0. The van der Waals surface area contributed by atoms with Crippen LogP contribution in [0.25, 0.3) is 5.57 Å². The lowest BCUT2D eigenvalue weighted by molar-refractivity contribution is 0.550. The van der Waals surface area contributed by atoms with Crippen molar-refractivity contribution >= 4 is 5.57 Å².